The van der Waals surface area contributed by atoms with Crippen LogP contribution in [-0.2, 0) is 25.8 Å². The van der Waals surface area contributed by atoms with Crippen molar-refractivity contribution in [2.45, 2.75) is 24.4 Å². The minimum absolute atomic E-state index is 0.0822. The van der Waals surface area contributed by atoms with Crippen LogP contribution in [0.1, 0.15) is 17.9 Å². The zero-order chi connectivity index (χ0) is 28.3. The number of amides is 2. The topological polar surface area (TPSA) is 253 Å². The first kappa shape index (κ1) is 27.9. The summed E-state index contributed by atoms with van der Waals surface area (Å²) in [5.74, 6) is -2.61. The van der Waals surface area contributed by atoms with Crippen LogP contribution in [0, 0.1) is 5.41 Å². The number of rotatable bonds is 11. The molecule has 206 valence electrons. The minimum atomic E-state index is -1.36. The number of nitrogen functional groups attached to an aromatic ring is 1. The molecule has 0 aliphatic carbocycles. The van der Waals surface area contributed by atoms with Crippen LogP contribution in [0.4, 0.5) is 5.13 Å². The van der Waals surface area contributed by atoms with Gasteiger partial charge in [0.15, 0.2) is 22.6 Å². The lowest BCUT2D eigenvalue weighted by Crippen LogP contribution is -2.71. The number of fused-ring (bicyclic) bond motifs is 1. The van der Waals surface area contributed by atoms with Gasteiger partial charge in [-0.15, -0.1) is 28.2 Å². The van der Waals surface area contributed by atoms with Gasteiger partial charge in [0.05, 0.1) is 4.86 Å². The Morgan fingerprint density at radius 3 is 2.85 bits per heavy atom. The molecule has 2 aromatic heterocycles. The number of anilines is 1. The number of carboxylic acids is 1. The molecule has 39 heavy (non-hydrogen) atoms. The number of thiocarbonyl (C=S) groups is 1. The van der Waals surface area contributed by atoms with Gasteiger partial charge in [-0.25, -0.2) is 14.5 Å². The molecule has 2 aliphatic rings. The van der Waals surface area contributed by atoms with Crippen molar-refractivity contribution < 1.29 is 24.3 Å². The molecule has 2 atom stereocenters. The molecular formula is C19H22N12O5S3. The SMILES string of the molecule is CO/N=C(\C(=O)N[C@@H]1C(=O)N2C(C(=O)O)=C(C(=S)c3nnnn3CCCNC(=N)N)CS[C@@H]12)c1csc(N)n1. The summed E-state index contributed by atoms with van der Waals surface area (Å²) in [6, 6.07) is -1.02. The van der Waals surface area contributed by atoms with Crippen LogP contribution in [0.5, 0.6) is 0 Å². The van der Waals surface area contributed by atoms with Crippen LogP contribution in [0.15, 0.2) is 21.8 Å². The summed E-state index contributed by atoms with van der Waals surface area (Å²) >= 11 is 7.88. The average molecular weight is 595 g/mol. The van der Waals surface area contributed by atoms with E-state index in [0.717, 1.165) is 16.2 Å². The van der Waals surface area contributed by atoms with Crippen LogP contribution in [-0.4, -0.2) is 100 Å². The van der Waals surface area contributed by atoms with Crippen molar-refractivity contribution in [3.05, 3.63) is 28.2 Å². The maximum Gasteiger partial charge on any atom is 0.353 e. The van der Waals surface area contributed by atoms with Gasteiger partial charge in [0.25, 0.3) is 11.8 Å². The van der Waals surface area contributed by atoms with Gasteiger partial charge in [0.2, 0.25) is 0 Å². The van der Waals surface area contributed by atoms with Gasteiger partial charge in [-0.1, -0.05) is 17.4 Å². The van der Waals surface area contributed by atoms with Gasteiger partial charge >= 0.3 is 5.97 Å². The van der Waals surface area contributed by atoms with E-state index in [1.807, 2.05) is 0 Å². The van der Waals surface area contributed by atoms with E-state index in [1.165, 1.54) is 28.9 Å². The number of thioether (sulfide) groups is 1. The Morgan fingerprint density at radius 2 is 2.21 bits per heavy atom. The van der Waals surface area contributed by atoms with Crippen molar-refractivity contribution in [3.63, 3.8) is 0 Å². The van der Waals surface area contributed by atoms with Gasteiger partial charge in [-0.3, -0.25) is 19.9 Å². The molecule has 1 saturated heterocycles. The lowest BCUT2D eigenvalue weighted by molar-refractivity contribution is -0.150. The Balaban J connectivity index is 1.52. The molecule has 0 saturated carbocycles. The van der Waals surface area contributed by atoms with E-state index in [2.05, 4.69) is 36.3 Å². The molecule has 1 fully saturated rings. The second-order valence-electron chi connectivity index (χ2n) is 7.94. The summed E-state index contributed by atoms with van der Waals surface area (Å²) in [6.45, 7) is 0.713. The average Bonchev–Trinajstić information content (AvgIpc) is 3.55. The number of aliphatic carboxylic acids is 1. The highest BCUT2D eigenvalue weighted by Gasteiger charge is 2.55. The third-order valence-electron chi connectivity index (χ3n) is 5.49. The number of carbonyl (C=O) groups excluding carboxylic acids is 2. The lowest BCUT2D eigenvalue weighted by atomic mass is 10.0. The first-order chi connectivity index (χ1) is 18.6. The standard InChI is InChI=1S/C19H22N12O5S3/c1-36-27-9(8-6-39-19(22)24-8)14(32)25-10-15(33)31-11(17(34)35)7(5-38-16(10)31)12(37)13-26-28-29-30(13)4-2-3-23-18(20)21/h6,10,16H,2-5H2,1H3,(H2,22,24)(H,25,32)(H,34,35)(H4,20,21,23)/b27-9-/t10-,16+/m1/s1. The molecule has 0 spiro atoms. The first-order valence-corrected chi connectivity index (χ1v) is 13.4. The van der Waals surface area contributed by atoms with Crippen LogP contribution >= 0.6 is 35.3 Å². The largest absolute Gasteiger partial charge is 0.477 e. The molecule has 17 nitrogen and oxygen atoms in total. The fourth-order valence-corrected chi connectivity index (χ4v) is 6.11. The summed E-state index contributed by atoms with van der Waals surface area (Å²) in [4.78, 5) is 48.2. The number of carbonyl (C=O) groups is 3. The number of tetrazole rings is 1. The highest BCUT2D eigenvalue weighted by molar-refractivity contribution is 8.00. The van der Waals surface area contributed by atoms with Crippen molar-refractivity contribution in [2.24, 2.45) is 10.9 Å². The molecule has 8 N–H and O–H groups in total. The van der Waals surface area contributed by atoms with Crippen LogP contribution in [0.3, 0.4) is 0 Å². The first-order valence-electron chi connectivity index (χ1n) is 11.1. The van der Waals surface area contributed by atoms with Crippen molar-refractivity contribution in [1.29, 1.82) is 5.41 Å². The third-order valence-corrected chi connectivity index (χ3v) is 7.87. The summed E-state index contributed by atoms with van der Waals surface area (Å²) in [7, 11) is 1.25. The predicted octanol–water partition coefficient (Wildman–Crippen LogP) is -1.91. The molecule has 0 bridgehead atoms. The van der Waals surface area contributed by atoms with Crippen LogP contribution in [0.2, 0.25) is 0 Å². The summed E-state index contributed by atoms with van der Waals surface area (Å²) in [6.07, 6.45) is 0.510. The number of aryl methyl sites for hydroxylation is 1. The third kappa shape index (κ3) is 5.66. The Morgan fingerprint density at radius 1 is 1.44 bits per heavy atom. The van der Waals surface area contributed by atoms with Gasteiger partial charge in [-0.05, 0) is 16.8 Å². The number of hydrogen-bond donors (Lipinski definition) is 6. The van der Waals surface area contributed by atoms with Crippen molar-refractivity contribution >= 4 is 74.8 Å². The lowest BCUT2D eigenvalue weighted by Gasteiger charge is -2.49. The van der Waals surface area contributed by atoms with E-state index in [0.29, 0.717) is 19.5 Å². The highest BCUT2D eigenvalue weighted by Crippen LogP contribution is 2.41. The van der Waals surface area contributed by atoms with E-state index < -0.39 is 29.2 Å². The number of carboxylic acid groups (broad SMARTS) is 1. The van der Waals surface area contributed by atoms with Crippen LogP contribution < -0.4 is 22.1 Å². The second-order valence-corrected chi connectivity index (χ2v) is 10.3. The van der Waals surface area contributed by atoms with E-state index in [4.69, 9.17) is 33.9 Å². The van der Waals surface area contributed by atoms with Gasteiger partial charge in [-0.2, -0.15) is 0 Å². The quantitative estimate of drug-likeness (QED) is 0.0316. The van der Waals surface area contributed by atoms with Gasteiger partial charge in [0, 0.05) is 29.8 Å². The molecule has 2 aliphatic heterocycles. The van der Waals surface area contributed by atoms with E-state index in [1.54, 1.807) is 0 Å². The monoisotopic (exact) mass is 594 g/mol. The summed E-state index contributed by atoms with van der Waals surface area (Å²) < 4.78 is 1.41. The zero-order valence-corrected chi connectivity index (χ0v) is 22.6. The molecule has 4 heterocycles. The molecule has 2 aromatic rings. The number of nitrogens with two attached hydrogens (primary N) is 2. The molecular weight excluding hydrogens is 572 g/mol. The number of thiazole rings is 1. The van der Waals surface area contributed by atoms with Crippen molar-refractivity contribution in [3.8, 4) is 0 Å². The number of nitrogens with one attached hydrogen (secondary N) is 3. The van der Waals surface area contributed by atoms with Crippen molar-refractivity contribution in [1.82, 2.24) is 40.7 Å². The maximum atomic E-state index is 13.1. The van der Waals surface area contributed by atoms with Crippen molar-refractivity contribution in [2.75, 3.05) is 25.1 Å². The molecule has 4 rings (SSSR count). The highest BCUT2D eigenvalue weighted by atomic mass is 32.2. The number of β-lactam (4-membered cyclic amide) rings is 1. The second kappa shape index (κ2) is 11.7. The number of nitrogens with zero attached hydrogens (tertiary/aromatic N) is 7. The smallest absolute Gasteiger partial charge is 0.353 e. The number of aromatic nitrogens is 5. The zero-order valence-electron chi connectivity index (χ0n) is 20.2. The number of guanidine groups is 1. The van der Waals surface area contributed by atoms with E-state index in [9.17, 15) is 19.5 Å². The molecule has 0 radical (unpaired) electrons. The van der Waals surface area contributed by atoms with Gasteiger partial charge < -0.3 is 32.0 Å². The Hall–Kier alpha value is -4.17. The Bertz CT molecular complexity index is 1400. The summed E-state index contributed by atoms with van der Waals surface area (Å²) in [5.41, 5.74) is 10.8. The fourth-order valence-electron chi connectivity index (χ4n) is 3.80. The predicted molar refractivity (Wildman–Crippen MR) is 144 cm³/mol. The minimum Gasteiger partial charge on any atom is -0.477 e. The van der Waals surface area contributed by atoms with Crippen LogP contribution in [0.25, 0.3) is 0 Å². The number of hydrogen-bond acceptors (Lipinski definition) is 14. The summed E-state index contributed by atoms with van der Waals surface area (Å²) in [5, 5.41) is 38.7. The van der Waals surface area contributed by atoms with Gasteiger partial charge in [0.1, 0.15) is 29.9 Å². The maximum absolute atomic E-state index is 13.1. The van der Waals surface area contributed by atoms with E-state index in [-0.39, 0.29) is 50.2 Å². The molecule has 2 amide bonds. The normalized spacial score (nSPS) is 18.7. The Labute approximate surface area is 233 Å². The molecule has 0 unspecified atom stereocenters. The van der Waals surface area contributed by atoms with E-state index >= 15 is 0 Å². The number of oxime groups is 1. The fraction of sp³-hybridized carbons (Fsp3) is 0.368. The molecule has 20 heteroatoms. The Kier molecular flexibility index (Phi) is 8.35. The molecule has 0 aromatic carbocycles.